The molecule has 1 fully saturated rings. The summed E-state index contributed by atoms with van der Waals surface area (Å²) in [4.78, 5) is 44.2. The number of ketones is 1. The molecule has 1 amide bonds. The van der Waals surface area contributed by atoms with Crippen LogP contribution in [0.1, 0.15) is 23.2 Å². The average Bonchev–Trinajstić information content (AvgIpc) is 2.76. The van der Waals surface area contributed by atoms with Gasteiger partial charge < -0.3 is 4.90 Å². The van der Waals surface area contributed by atoms with Crippen molar-refractivity contribution in [3.8, 4) is 0 Å². The lowest BCUT2D eigenvalue weighted by molar-refractivity contribution is -0.133. The Balaban J connectivity index is 1.48. The van der Waals surface area contributed by atoms with Crippen LogP contribution in [0, 0.1) is 5.92 Å². The van der Waals surface area contributed by atoms with Crippen LogP contribution >= 0.6 is 11.6 Å². The van der Waals surface area contributed by atoms with Gasteiger partial charge in [-0.25, -0.2) is 4.98 Å². The number of hydrogen-bond donors (Lipinski definition) is 0. The fraction of sp³-hybridized carbons (Fsp3) is 0.273. The second-order valence-electron chi connectivity index (χ2n) is 7.24. The number of nitrogens with zero attached hydrogens (tertiary/aromatic N) is 3. The van der Waals surface area contributed by atoms with Gasteiger partial charge in [0.05, 0.1) is 17.2 Å². The van der Waals surface area contributed by atoms with Crippen LogP contribution < -0.4 is 5.56 Å². The van der Waals surface area contributed by atoms with Crippen molar-refractivity contribution in [1.82, 2.24) is 14.5 Å². The maximum Gasteiger partial charge on any atom is 0.261 e. The van der Waals surface area contributed by atoms with E-state index in [0.717, 1.165) is 12.8 Å². The molecule has 0 N–H and O–H groups in total. The zero-order valence-corrected chi connectivity index (χ0v) is 16.5. The number of likely N-dealkylation sites (tertiary alicyclic amines) is 1. The number of fused-ring (bicyclic) bond motifs is 1. The molecule has 7 heteroatoms. The lowest BCUT2D eigenvalue weighted by atomic mass is 9.90. The van der Waals surface area contributed by atoms with E-state index in [4.69, 9.17) is 11.6 Å². The van der Waals surface area contributed by atoms with Crippen LogP contribution in [-0.2, 0) is 11.3 Å². The molecular formula is C22H20ClN3O3. The van der Waals surface area contributed by atoms with Gasteiger partial charge in [-0.3, -0.25) is 19.0 Å². The number of benzene rings is 2. The number of amides is 1. The standard InChI is InChI=1S/C22H20ClN3O3/c23-17-9-7-15(8-10-17)21(28)16-4-3-11-25(12-16)20(27)13-26-14-24-19-6-2-1-5-18(19)22(26)29/h1-2,5-10,14,16H,3-4,11-13H2/t16-/m1/s1. The maximum atomic E-state index is 12.8. The first-order valence-corrected chi connectivity index (χ1v) is 9.92. The molecule has 0 saturated carbocycles. The molecule has 4 rings (SSSR count). The first kappa shape index (κ1) is 19.3. The first-order chi connectivity index (χ1) is 14.0. The average molecular weight is 410 g/mol. The van der Waals surface area contributed by atoms with E-state index >= 15 is 0 Å². The number of rotatable bonds is 4. The van der Waals surface area contributed by atoms with Gasteiger partial charge in [-0.05, 0) is 49.2 Å². The fourth-order valence-electron chi connectivity index (χ4n) is 3.73. The number of Topliss-reactive ketones (excluding diaryl/α,β-unsaturated/α-hetero) is 1. The second-order valence-corrected chi connectivity index (χ2v) is 7.68. The Kier molecular flexibility index (Phi) is 5.45. The van der Waals surface area contributed by atoms with Gasteiger partial charge in [0.25, 0.3) is 5.56 Å². The molecule has 2 heterocycles. The van der Waals surface area contributed by atoms with Crippen LogP contribution in [-0.4, -0.2) is 39.2 Å². The van der Waals surface area contributed by atoms with Gasteiger partial charge in [0.1, 0.15) is 6.54 Å². The Morgan fingerprint density at radius 1 is 1.10 bits per heavy atom. The van der Waals surface area contributed by atoms with Crippen molar-refractivity contribution in [3.63, 3.8) is 0 Å². The lowest BCUT2D eigenvalue weighted by Gasteiger charge is -2.32. The highest BCUT2D eigenvalue weighted by Crippen LogP contribution is 2.22. The molecule has 2 aromatic carbocycles. The van der Waals surface area contributed by atoms with Gasteiger partial charge in [0, 0.05) is 29.6 Å². The SMILES string of the molecule is O=C(c1ccc(Cl)cc1)[C@@H]1CCCN(C(=O)Cn2cnc3ccccc3c2=O)C1. The molecule has 0 spiro atoms. The summed E-state index contributed by atoms with van der Waals surface area (Å²) in [6, 6.07) is 13.9. The van der Waals surface area contributed by atoms with Crippen LogP contribution in [0.2, 0.25) is 5.02 Å². The van der Waals surface area contributed by atoms with Crippen molar-refractivity contribution in [2.24, 2.45) is 5.92 Å². The Hall–Kier alpha value is -2.99. The van der Waals surface area contributed by atoms with Gasteiger partial charge in [0.15, 0.2) is 5.78 Å². The number of aromatic nitrogens is 2. The van der Waals surface area contributed by atoms with Crippen molar-refractivity contribution < 1.29 is 9.59 Å². The number of carbonyl (C=O) groups excluding carboxylic acids is 2. The van der Waals surface area contributed by atoms with Crippen molar-refractivity contribution in [1.29, 1.82) is 0 Å². The van der Waals surface area contributed by atoms with Crippen LogP contribution in [0.4, 0.5) is 0 Å². The van der Waals surface area contributed by atoms with Crippen molar-refractivity contribution >= 4 is 34.2 Å². The third-order valence-corrected chi connectivity index (χ3v) is 5.56. The summed E-state index contributed by atoms with van der Waals surface area (Å²) >= 11 is 5.90. The van der Waals surface area contributed by atoms with Crippen LogP contribution in [0.3, 0.4) is 0 Å². The summed E-state index contributed by atoms with van der Waals surface area (Å²) < 4.78 is 1.33. The quantitative estimate of drug-likeness (QED) is 0.620. The minimum absolute atomic E-state index is 0.0173. The monoisotopic (exact) mass is 409 g/mol. The number of carbonyl (C=O) groups is 2. The fourth-order valence-corrected chi connectivity index (χ4v) is 3.86. The molecule has 1 atom stereocenters. The lowest BCUT2D eigenvalue weighted by Crippen LogP contribution is -2.44. The molecule has 1 saturated heterocycles. The molecule has 0 unspecified atom stereocenters. The van der Waals surface area contributed by atoms with Crippen LogP contribution in [0.5, 0.6) is 0 Å². The second kappa shape index (κ2) is 8.17. The third-order valence-electron chi connectivity index (χ3n) is 5.31. The molecule has 0 bridgehead atoms. The van der Waals surface area contributed by atoms with Gasteiger partial charge in [0.2, 0.25) is 5.91 Å². The highest BCUT2D eigenvalue weighted by Gasteiger charge is 2.29. The minimum atomic E-state index is -0.250. The molecular weight excluding hydrogens is 390 g/mol. The summed E-state index contributed by atoms with van der Waals surface area (Å²) in [7, 11) is 0. The third kappa shape index (κ3) is 4.07. The molecule has 1 aromatic heterocycles. The summed E-state index contributed by atoms with van der Waals surface area (Å²) in [5.41, 5.74) is 0.964. The molecule has 0 aliphatic carbocycles. The molecule has 3 aromatic rings. The van der Waals surface area contributed by atoms with E-state index in [-0.39, 0.29) is 29.7 Å². The van der Waals surface area contributed by atoms with E-state index in [2.05, 4.69) is 4.98 Å². The smallest absolute Gasteiger partial charge is 0.261 e. The van der Waals surface area contributed by atoms with E-state index in [0.29, 0.717) is 34.6 Å². The van der Waals surface area contributed by atoms with Crippen molar-refractivity contribution in [2.45, 2.75) is 19.4 Å². The summed E-state index contributed by atoms with van der Waals surface area (Å²) in [5, 5.41) is 1.06. The Labute approximate surface area is 172 Å². The molecule has 1 aliphatic rings. The van der Waals surface area contributed by atoms with Crippen LogP contribution in [0.25, 0.3) is 10.9 Å². The number of para-hydroxylation sites is 1. The zero-order valence-electron chi connectivity index (χ0n) is 15.8. The number of hydrogen-bond acceptors (Lipinski definition) is 4. The molecule has 0 radical (unpaired) electrons. The topological polar surface area (TPSA) is 72.3 Å². The molecule has 148 valence electrons. The van der Waals surface area contributed by atoms with Gasteiger partial charge >= 0.3 is 0 Å². The number of halogens is 1. The predicted octanol–water partition coefficient (Wildman–Crippen LogP) is 3.17. The van der Waals surface area contributed by atoms with E-state index in [1.165, 1.54) is 10.9 Å². The van der Waals surface area contributed by atoms with Crippen molar-refractivity contribution in [3.05, 3.63) is 75.8 Å². The summed E-state index contributed by atoms with van der Waals surface area (Å²) in [6.07, 6.45) is 2.90. The van der Waals surface area contributed by atoms with Crippen molar-refractivity contribution in [2.75, 3.05) is 13.1 Å². The highest BCUT2D eigenvalue weighted by molar-refractivity contribution is 6.30. The van der Waals surface area contributed by atoms with Gasteiger partial charge in [-0.2, -0.15) is 0 Å². The predicted molar refractivity (Wildman–Crippen MR) is 111 cm³/mol. The molecule has 6 nitrogen and oxygen atoms in total. The minimum Gasteiger partial charge on any atom is -0.340 e. The van der Waals surface area contributed by atoms with E-state index in [1.807, 2.05) is 6.07 Å². The normalized spacial score (nSPS) is 16.7. The van der Waals surface area contributed by atoms with Gasteiger partial charge in [-0.1, -0.05) is 23.7 Å². The molecule has 1 aliphatic heterocycles. The van der Waals surface area contributed by atoms with Crippen LogP contribution in [0.15, 0.2) is 59.7 Å². The first-order valence-electron chi connectivity index (χ1n) is 9.54. The van der Waals surface area contributed by atoms with E-state index in [9.17, 15) is 14.4 Å². The Morgan fingerprint density at radius 2 is 1.86 bits per heavy atom. The highest BCUT2D eigenvalue weighted by atomic mass is 35.5. The summed E-state index contributed by atoms with van der Waals surface area (Å²) in [6.45, 7) is 0.855. The Morgan fingerprint density at radius 3 is 2.66 bits per heavy atom. The largest absolute Gasteiger partial charge is 0.340 e. The van der Waals surface area contributed by atoms with E-state index < -0.39 is 0 Å². The molecule has 29 heavy (non-hydrogen) atoms. The number of piperidine rings is 1. The Bertz CT molecular complexity index is 1120. The van der Waals surface area contributed by atoms with E-state index in [1.54, 1.807) is 47.4 Å². The maximum absolute atomic E-state index is 12.8. The summed E-state index contributed by atoms with van der Waals surface area (Å²) in [5.74, 6) is -0.415. The van der Waals surface area contributed by atoms with Gasteiger partial charge in [-0.15, -0.1) is 0 Å². The zero-order chi connectivity index (χ0) is 20.4.